The largest absolute Gasteiger partial charge is 0.444 e. The van der Waals surface area contributed by atoms with E-state index in [1.54, 1.807) is 6.20 Å². The van der Waals surface area contributed by atoms with Crippen LogP contribution in [-0.4, -0.2) is 14.5 Å². The number of nitrogens with one attached hydrogen (secondary N) is 1. The highest BCUT2D eigenvalue weighted by molar-refractivity contribution is 7.71. The zero-order valence-electron chi connectivity index (χ0n) is 10.3. The van der Waals surface area contributed by atoms with Gasteiger partial charge in [0.05, 0.1) is 22.3 Å². The summed E-state index contributed by atoms with van der Waals surface area (Å²) in [6.07, 6.45) is 2.58. The van der Waals surface area contributed by atoms with Crippen LogP contribution in [0.25, 0.3) is 11.0 Å². The molecule has 0 aliphatic rings. The Morgan fingerprint density at radius 2 is 2.32 bits per heavy atom. The van der Waals surface area contributed by atoms with Crippen LogP contribution in [0, 0.1) is 4.77 Å². The molecular weight excluding hydrogens is 282 g/mol. The molecule has 0 spiro atoms. The van der Waals surface area contributed by atoms with Crippen molar-refractivity contribution in [3.05, 3.63) is 45.8 Å². The normalized spacial score (nSPS) is 11.3. The molecule has 0 aliphatic carbocycles. The van der Waals surface area contributed by atoms with Gasteiger partial charge in [-0.25, -0.2) is 4.98 Å². The third-order valence-corrected chi connectivity index (χ3v) is 3.64. The minimum atomic E-state index is 0.499. The Morgan fingerprint density at radius 1 is 1.47 bits per heavy atom. The highest BCUT2D eigenvalue weighted by Gasteiger charge is 2.10. The summed E-state index contributed by atoms with van der Waals surface area (Å²) in [5.74, 6) is 1.52. The first-order valence-corrected chi connectivity index (χ1v) is 6.78. The maximum absolute atomic E-state index is 6.14. The summed E-state index contributed by atoms with van der Waals surface area (Å²) in [4.78, 5) is 7.36. The number of aromatic amines is 1. The van der Waals surface area contributed by atoms with Crippen LogP contribution in [-0.2, 0) is 13.0 Å². The van der Waals surface area contributed by atoms with E-state index in [0.29, 0.717) is 22.2 Å². The summed E-state index contributed by atoms with van der Waals surface area (Å²) >= 11 is 11.5. The molecule has 1 N–H and O–H groups in total. The Hall–Kier alpha value is -1.59. The molecule has 3 rings (SSSR count). The summed E-state index contributed by atoms with van der Waals surface area (Å²) in [5.41, 5.74) is 1.80. The molecule has 6 heteroatoms. The lowest BCUT2D eigenvalue weighted by Gasteiger charge is -2.01. The molecule has 19 heavy (non-hydrogen) atoms. The van der Waals surface area contributed by atoms with Crippen molar-refractivity contribution in [3.63, 3.8) is 0 Å². The first-order valence-electron chi connectivity index (χ1n) is 5.99. The van der Waals surface area contributed by atoms with Crippen molar-refractivity contribution in [3.8, 4) is 0 Å². The molecule has 0 atom stereocenters. The predicted molar refractivity (Wildman–Crippen MR) is 77.1 cm³/mol. The molecule has 98 valence electrons. The minimum absolute atomic E-state index is 0.499. The molecule has 0 radical (unpaired) electrons. The van der Waals surface area contributed by atoms with Crippen LogP contribution in [0.3, 0.4) is 0 Å². The fraction of sp³-hybridized carbons (Fsp3) is 0.231. The molecule has 0 amide bonds. The number of rotatable bonds is 3. The smallest absolute Gasteiger partial charge is 0.214 e. The summed E-state index contributed by atoms with van der Waals surface area (Å²) < 4.78 is 8.16. The van der Waals surface area contributed by atoms with Gasteiger partial charge in [-0.1, -0.05) is 24.6 Å². The zero-order chi connectivity index (χ0) is 13.4. The third-order valence-electron chi connectivity index (χ3n) is 3.00. The zero-order valence-corrected chi connectivity index (χ0v) is 11.9. The highest BCUT2D eigenvalue weighted by atomic mass is 35.5. The van der Waals surface area contributed by atoms with Crippen molar-refractivity contribution in [2.24, 2.45) is 0 Å². The monoisotopic (exact) mass is 293 g/mol. The molecule has 0 bridgehead atoms. The quantitative estimate of drug-likeness (QED) is 0.744. The molecule has 0 saturated heterocycles. The Bertz CT molecular complexity index is 787. The van der Waals surface area contributed by atoms with Crippen LogP contribution in [0.15, 0.2) is 28.8 Å². The van der Waals surface area contributed by atoms with E-state index in [9.17, 15) is 0 Å². The second-order valence-electron chi connectivity index (χ2n) is 4.22. The van der Waals surface area contributed by atoms with Crippen LogP contribution in [0.4, 0.5) is 0 Å². The van der Waals surface area contributed by atoms with Crippen LogP contribution in [0.5, 0.6) is 0 Å². The maximum Gasteiger partial charge on any atom is 0.214 e. The Balaban J connectivity index is 2.07. The first-order chi connectivity index (χ1) is 9.19. The summed E-state index contributed by atoms with van der Waals surface area (Å²) in [7, 11) is 0. The number of hydrogen-bond acceptors (Lipinski definition) is 3. The van der Waals surface area contributed by atoms with Gasteiger partial charge in [-0.3, -0.25) is 0 Å². The second-order valence-corrected chi connectivity index (χ2v) is 5.02. The van der Waals surface area contributed by atoms with Gasteiger partial charge in [-0.2, -0.15) is 0 Å². The fourth-order valence-electron chi connectivity index (χ4n) is 2.02. The molecule has 0 fully saturated rings. The number of aryl methyl sites for hydroxylation is 1. The van der Waals surface area contributed by atoms with E-state index in [0.717, 1.165) is 23.2 Å². The van der Waals surface area contributed by atoms with E-state index in [1.807, 2.05) is 29.7 Å². The Kier molecular flexibility index (Phi) is 3.16. The van der Waals surface area contributed by atoms with Crippen LogP contribution in [0.2, 0.25) is 5.02 Å². The number of fused-ring (bicyclic) bond motifs is 1. The lowest BCUT2D eigenvalue weighted by molar-refractivity contribution is 0.447. The van der Waals surface area contributed by atoms with E-state index >= 15 is 0 Å². The number of H-pyrrole nitrogens is 1. The van der Waals surface area contributed by atoms with Crippen molar-refractivity contribution >= 4 is 34.9 Å². The van der Waals surface area contributed by atoms with Gasteiger partial charge in [-0.05, 0) is 24.4 Å². The van der Waals surface area contributed by atoms with Crippen LogP contribution < -0.4 is 0 Å². The van der Waals surface area contributed by atoms with Crippen molar-refractivity contribution in [1.29, 1.82) is 0 Å². The average molecular weight is 294 g/mol. The SMILES string of the molecule is CCc1cnc(Cn2c(=S)[nH]c3c(Cl)cccc32)o1. The summed E-state index contributed by atoms with van der Waals surface area (Å²) in [6.45, 7) is 2.53. The molecular formula is C13H12ClN3OS. The van der Waals surface area contributed by atoms with Gasteiger partial charge >= 0.3 is 0 Å². The number of aromatic nitrogens is 3. The summed E-state index contributed by atoms with van der Waals surface area (Å²) in [6, 6.07) is 5.70. The third kappa shape index (κ3) is 2.19. The van der Waals surface area contributed by atoms with E-state index in [2.05, 4.69) is 9.97 Å². The van der Waals surface area contributed by atoms with Gasteiger partial charge < -0.3 is 14.0 Å². The molecule has 3 aromatic rings. The standard InChI is InChI=1S/C13H12ClN3OS/c1-2-8-6-15-11(18-8)7-17-10-5-3-4-9(14)12(10)16-13(17)19/h3-6H,2,7H2,1H3,(H,16,19). The van der Waals surface area contributed by atoms with Gasteiger partial charge in [-0.15, -0.1) is 0 Å². The fourth-order valence-corrected chi connectivity index (χ4v) is 2.50. The number of para-hydroxylation sites is 1. The second kappa shape index (κ2) is 4.83. The molecule has 1 aromatic carbocycles. The van der Waals surface area contributed by atoms with Crippen LogP contribution >= 0.6 is 23.8 Å². The van der Waals surface area contributed by atoms with Gasteiger partial charge in [0.25, 0.3) is 0 Å². The number of benzene rings is 1. The molecule has 0 saturated carbocycles. The van der Waals surface area contributed by atoms with E-state index < -0.39 is 0 Å². The number of imidazole rings is 1. The van der Waals surface area contributed by atoms with Gasteiger partial charge in [0.2, 0.25) is 5.89 Å². The molecule has 0 unspecified atom stereocenters. The Labute approximate surface area is 120 Å². The van der Waals surface area contributed by atoms with Crippen molar-refractivity contribution in [1.82, 2.24) is 14.5 Å². The topological polar surface area (TPSA) is 46.8 Å². The number of hydrogen-bond donors (Lipinski definition) is 1. The van der Waals surface area contributed by atoms with Gasteiger partial charge in [0.1, 0.15) is 12.3 Å². The molecule has 0 aliphatic heterocycles. The van der Waals surface area contributed by atoms with Crippen molar-refractivity contribution < 1.29 is 4.42 Å². The maximum atomic E-state index is 6.14. The lowest BCUT2D eigenvalue weighted by atomic mass is 10.3. The van der Waals surface area contributed by atoms with Gasteiger partial charge in [0.15, 0.2) is 4.77 Å². The predicted octanol–water partition coefficient (Wildman–Crippen LogP) is 3.95. The Morgan fingerprint density at radius 3 is 3.05 bits per heavy atom. The number of halogens is 1. The molecule has 2 heterocycles. The van der Waals surface area contributed by atoms with Gasteiger partial charge in [0, 0.05) is 6.42 Å². The lowest BCUT2D eigenvalue weighted by Crippen LogP contribution is -1.99. The summed E-state index contributed by atoms with van der Waals surface area (Å²) in [5, 5.41) is 0.656. The molecule has 4 nitrogen and oxygen atoms in total. The molecule has 2 aromatic heterocycles. The van der Waals surface area contributed by atoms with Crippen LogP contribution in [0.1, 0.15) is 18.6 Å². The van der Waals surface area contributed by atoms with Crippen molar-refractivity contribution in [2.75, 3.05) is 0 Å². The minimum Gasteiger partial charge on any atom is -0.444 e. The van der Waals surface area contributed by atoms with E-state index in [1.165, 1.54) is 0 Å². The average Bonchev–Trinajstić information content (AvgIpc) is 2.97. The van der Waals surface area contributed by atoms with E-state index in [4.69, 9.17) is 28.2 Å². The highest BCUT2D eigenvalue weighted by Crippen LogP contribution is 2.23. The number of oxazole rings is 1. The van der Waals surface area contributed by atoms with E-state index in [-0.39, 0.29) is 0 Å². The van der Waals surface area contributed by atoms with Crippen molar-refractivity contribution in [2.45, 2.75) is 19.9 Å². The number of nitrogens with zero attached hydrogens (tertiary/aromatic N) is 2. The first kappa shape index (κ1) is 12.4.